The number of carbonyl (C=O) groups is 4. The molecule has 2 amide bonds. The molecular weight excluding hydrogens is 619 g/mol. The minimum absolute atomic E-state index is 0.131. The molecule has 12 nitrogen and oxygen atoms in total. The molecular formula is C31H39N5O7S2. The van der Waals surface area contributed by atoms with Crippen molar-refractivity contribution < 1.29 is 33.4 Å². The van der Waals surface area contributed by atoms with Crippen molar-refractivity contribution in [2.24, 2.45) is 0 Å². The van der Waals surface area contributed by atoms with Crippen LogP contribution in [0.1, 0.15) is 90.3 Å². The normalized spacial score (nSPS) is 14.0. The molecule has 2 N–H and O–H groups in total. The molecule has 0 unspecified atom stereocenters. The van der Waals surface area contributed by atoms with Crippen LogP contribution in [0.15, 0.2) is 35.5 Å². The van der Waals surface area contributed by atoms with Crippen molar-refractivity contribution in [3.63, 3.8) is 0 Å². The zero-order chi connectivity index (χ0) is 32.3. The molecule has 0 spiro atoms. The van der Waals surface area contributed by atoms with Crippen LogP contribution >= 0.6 is 23.1 Å². The Labute approximate surface area is 270 Å². The molecule has 45 heavy (non-hydrogen) atoms. The minimum atomic E-state index is -0.637. The van der Waals surface area contributed by atoms with Crippen molar-refractivity contribution in [3.8, 4) is 5.75 Å². The number of benzene rings is 1. The van der Waals surface area contributed by atoms with Gasteiger partial charge in [-0.2, -0.15) is 0 Å². The Morgan fingerprint density at radius 3 is 2.40 bits per heavy atom. The van der Waals surface area contributed by atoms with Gasteiger partial charge in [0.15, 0.2) is 17.6 Å². The van der Waals surface area contributed by atoms with Gasteiger partial charge in [0.05, 0.1) is 30.6 Å². The summed E-state index contributed by atoms with van der Waals surface area (Å²) in [6.45, 7) is 7.09. The summed E-state index contributed by atoms with van der Waals surface area (Å²) >= 11 is 2.22. The second-order valence-electron chi connectivity index (χ2n) is 10.4. The van der Waals surface area contributed by atoms with Crippen LogP contribution in [0.25, 0.3) is 0 Å². The molecule has 1 fully saturated rings. The SMILES string of the molecule is CCOC(=O)c1sc(NC(=O)[C@@H](C)Sc2nnc(CNC(=O)COc3ccccc3)n2C2CCCCC2)c(C(=O)OCC)c1C. The van der Waals surface area contributed by atoms with Gasteiger partial charge in [0, 0.05) is 6.04 Å². The summed E-state index contributed by atoms with van der Waals surface area (Å²) in [4.78, 5) is 51.5. The second kappa shape index (κ2) is 16.4. The summed E-state index contributed by atoms with van der Waals surface area (Å²) in [7, 11) is 0. The van der Waals surface area contributed by atoms with Crippen molar-refractivity contribution in [2.75, 3.05) is 25.1 Å². The topological polar surface area (TPSA) is 151 Å². The predicted molar refractivity (Wildman–Crippen MR) is 171 cm³/mol. The van der Waals surface area contributed by atoms with Gasteiger partial charge in [-0.1, -0.05) is 49.2 Å². The summed E-state index contributed by atoms with van der Waals surface area (Å²) in [5.74, 6) is -0.662. The Balaban J connectivity index is 1.48. The Bertz CT molecular complexity index is 1480. The van der Waals surface area contributed by atoms with Gasteiger partial charge in [0.1, 0.15) is 15.6 Å². The first kappa shape index (κ1) is 34.0. The molecule has 1 aromatic carbocycles. The van der Waals surface area contributed by atoms with Crippen molar-refractivity contribution in [3.05, 3.63) is 52.2 Å². The van der Waals surface area contributed by atoms with Crippen LogP contribution in [-0.4, -0.2) is 63.6 Å². The Morgan fingerprint density at radius 2 is 1.71 bits per heavy atom. The van der Waals surface area contributed by atoms with E-state index in [1.165, 1.54) is 11.8 Å². The van der Waals surface area contributed by atoms with E-state index in [1.807, 2.05) is 22.8 Å². The number of hydrogen-bond donors (Lipinski definition) is 2. The lowest BCUT2D eigenvalue weighted by molar-refractivity contribution is -0.123. The summed E-state index contributed by atoms with van der Waals surface area (Å²) in [5.41, 5.74) is 0.528. The number of nitrogens with one attached hydrogen (secondary N) is 2. The summed E-state index contributed by atoms with van der Waals surface area (Å²) in [6.07, 6.45) is 5.17. The monoisotopic (exact) mass is 657 g/mol. The van der Waals surface area contributed by atoms with Crippen molar-refractivity contribution in [2.45, 2.75) is 82.8 Å². The number of nitrogens with zero attached hydrogens (tertiary/aromatic N) is 3. The lowest BCUT2D eigenvalue weighted by Crippen LogP contribution is -2.30. The Morgan fingerprint density at radius 1 is 1.02 bits per heavy atom. The van der Waals surface area contributed by atoms with Gasteiger partial charge in [-0.05, 0) is 58.2 Å². The number of rotatable bonds is 14. The number of thiophene rings is 1. The van der Waals surface area contributed by atoms with Crippen LogP contribution in [-0.2, 0) is 25.6 Å². The van der Waals surface area contributed by atoms with E-state index < -0.39 is 17.2 Å². The van der Waals surface area contributed by atoms with E-state index in [9.17, 15) is 19.2 Å². The fourth-order valence-electron chi connectivity index (χ4n) is 4.98. The van der Waals surface area contributed by atoms with E-state index in [0.717, 1.165) is 43.4 Å². The zero-order valence-electron chi connectivity index (χ0n) is 25.9. The molecule has 1 aliphatic carbocycles. The summed E-state index contributed by atoms with van der Waals surface area (Å²) < 4.78 is 17.9. The maximum absolute atomic E-state index is 13.4. The highest BCUT2D eigenvalue weighted by molar-refractivity contribution is 8.00. The first-order valence-corrected chi connectivity index (χ1v) is 16.8. The highest BCUT2D eigenvalue weighted by Crippen LogP contribution is 2.37. The summed E-state index contributed by atoms with van der Waals surface area (Å²) in [5, 5.41) is 14.6. The number of thioether (sulfide) groups is 1. The Hall–Kier alpha value is -3.91. The van der Waals surface area contributed by atoms with Gasteiger partial charge < -0.3 is 29.4 Å². The minimum Gasteiger partial charge on any atom is -0.484 e. The fourth-order valence-corrected chi connectivity index (χ4v) is 7.01. The highest BCUT2D eigenvalue weighted by Gasteiger charge is 2.30. The van der Waals surface area contributed by atoms with Crippen molar-refractivity contribution in [1.29, 1.82) is 0 Å². The lowest BCUT2D eigenvalue weighted by atomic mass is 9.95. The number of amides is 2. The van der Waals surface area contributed by atoms with Gasteiger partial charge in [-0.3, -0.25) is 9.59 Å². The molecule has 0 saturated heterocycles. The van der Waals surface area contributed by atoms with Crippen LogP contribution in [0.2, 0.25) is 0 Å². The number of para-hydroxylation sites is 1. The van der Waals surface area contributed by atoms with Crippen molar-refractivity contribution in [1.82, 2.24) is 20.1 Å². The van der Waals surface area contributed by atoms with E-state index in [1.54, 1.807) is 39.8 Å². The number of ether oxygens (including phenoxy) is 3. The molecule has 1 saturated carbocycles. The highest BCUT2D eigenvalue weighted by atomic mass is 32.2. The average molecular weight is 658 g/mol. The number of carbonyl (C=O) groups excluding carboxylic acids is 4. The van der Waals surface area contributed by atoms with Gasteiger partial charge in [-0.15, -0.1) is 21.5 Å². The quantitative estimate of drug-likeness (QED) is 0.172. The molecule has 14 heteroatoms. The van der Waals surface area contributed by atoms with E-state index >= 15 is 0 Å². The molecule has 1 aliphatic rings. The molecule has 242 valence electrons. The maximum Gasteiger partial charge on any atom is 0.348 e. The number of hydrogen-bond acceptors (Lipinski definition) is 11. The number of aromatic nitrogens is 3. The van der Waals surface area contributed by atoms with Gasteiger partial charge in [0.25, 0.3) is 5.91 Å². The largest absolute Gasteiger partial charge is 0.484 e. The van der Waals surface area contributed by atoms with Crippen LogP contribution in [0.5, 0.6) is 5.75 Å². The second-order valence-corrected chi connectivity index (χ2v) is 12.7. The fraction of sp³-hybridized carbons (Fsp3) is 0.484. The van der Waals surface area contributed by atoms with Gasteiger partial charge in [0.2, 0.25) is 5.91 Å². The van der Waals surface area contributed by atoms with Gasteiger partial charge >= 0.3 is 11.9 Å². The third kappa shape index (κ3) is 8.85. The van der Waals surface area contributed by atoms with Crippen LogP contribution in [0.4, 0.5) is 5.00 Å². The molecule has 3 aromatic rings. The third-order valence-electron chi connectivity index (χ3n) is 7.21. The first-order chi connectivity index (χ1) is 21.7. The van der Waals surface area contributed by atoms with Gasteiger partial charge in [-0.25, -0.2) is 9.59 Å². The van der Waals surface area contributed by atoms with Crippen LogP contribution in [0.3, 0.4) is 0 Å². The first-order valence-electron chi connectivity index (χ1n) is 15.1. The maximum atomic E-state index is 13.4. The molecule has 1 atom stereocenters. The Kier molecular flexibility index (Phi) is 12.4. The van der Waals surface area contributed by atoms with E-state index in [4.69, 9.17) is 14.2 Å². The molecule has 2 heterocycles. The molecule has 0 bridgehead atoms. The van der Waals surface area contributed by atoms with Crippen LogP contribution in [0, 0.1) is 6.92 Å². The van der Waals surface area contributed by atoms with Crippen molar-refractivity contribution >= 4 is 51.9 Å². The standard InChI is InChI=1S/C31H39N5O7S2/c1-5-41-29(39)25-19(3)26(30(40)42-6-2)45-28(25)33-27(38)20(4)44-31-35-34-23(36(31)21-13-9-7-10-14-21)17-32-24(37)18-43-22-15-11-8-12-16-22/h8,11-12,15-16,20-21H,5-7,9-10,13-14,17-18H2,1-4H3,(H,32,37)(H,33,38)/t20-/m1/s1. The molecule has 0 aliphatic heterocycles. The van der Waals surface area contributed by atoms with E-state index in [2.05, 4.69) is 20.8 Å². The zero-order valence-corrected chi connectivity index (χ0v) is 27.6. The third-order valence-corrected chi connectivity index (χ3v) is 9.45. The molecule has 0 radical (unpaired) electrons. The number of esters is 2. The van der Waals surface area contributed by atoms with E-state index in [0.29, 0.717) is 22.3 Å². The molecule has 4 rings (SSSR count). The predicted octanol–water partition coefficient (Wildman–Crippen LogP) is 5.32. The smallest absolute Gasteiger partial charge is 0.348 e. The van der Waals surface area contributed by atoms with Crippen LogP contribution < -0.4 is 15.4 Å². The molecule has 2 aromatic heterocycles. The summed E-state index contributed by atoms with van der Waals surface area (Å²) in [6, 6.07) is 9.25. The average Bonchev–Trinajstić information content (AvgIpc) is 3.59. The lowest BCUT2D eigenvalue weighted by Gasteiger charge is -2.26. The van der Waals surface area contributed by atoms with E-state index in [-0.39, 0.29) is 59.7 Å². The number of anilines is 1.